The fourth-order valence-electron chi connectivity index (χ4n) is 2.00. The molecule has 4 heteroatoms. The molecule has 0 bridgehead atoms. The molecule has 1 aliphatic carbocycles. The van der Waals surface area contributed by atoms with E-state index in [2.05, 4.69) is 0 Å². The largest absolute Gasteiger partial charge is 0.298 e. The molecule has 0 aromatic rings. The molecule has 0 N–H and O–H groups in total. The van der Waals surface area contributed by atoms with E-state index in [0.717, 1.165) is 0 Å². The van der Waals surface area contributed by atoms with Crippen LogP contribution in [0.5, 0.6) is 0 Å². The maximum atomic E-state index is 11.7. The van der Waals surface area contributed by atoms with Crippen LogP contribution in [0.4, 0.5) is 0 Å². The summed E-state index contributed by atoms with van der Waals surface area (Å²) in [5.74, 6) is -1.11. The Morgan fingerprint density at radius 3 is 2.25 bits per heavy atom. The van der Waals surface area contributed by atoms with Crippen LogP contribution in [0.2, 0.25) is 0 Å². The third kappa shape index (κ3) is 2.10. The Morgan fingerprint density at radius 1 is 1.25 bits per heavy atom. The molecular weight excluding hydrogens is 202 g/mol. The molecular formula is C12H11N3O. The number of ketones is 1. The lowest BCUT2D eigenvalue weighted by Crippen LogP contribution is -2.32. The lowest BCUT2D eigenvalue weighted by molar-refractivity contribution is -0.123. The molecule has 1 rings (SSSR count). The minimum atomic E-state index is -0.915. The molecule has 4 nitrogen and oxygen atoms in total. The molecule has 1 fully saturated rings. The first kappa shape index (κ1) is 12.0. The van der Waals surface area contributed by atoms with E-state index in [1.54, 1.807) is 12.1 Å². The van der Waals surface area contributed by atoms with Gasteiger partial charge in [0.15, 0.2) is 5.78 Å². The maximum absolute atomic E-state index is 11.7. The van der Waals surface area contributed by atoms with Crippen LogP contribution in [-0.4, -0.2) is 5.78 Å². The molecule has 0 radical (unpaired) electrons. The Balaban J connectivity index is 3.31. The second-order valence-corrected chi connectivity index (χ2v) is 4.67. The summed E-state index contributed by atoms with van der Waals surface area (Å²) in [6, 6.07) is 5.40. The zero-order chi connectivity index (χ0) is 12.3. The number of nitrogens with zero attached hydrogens (tertiary/aromatic N) is 3. The number of Topliss-reactive ketones (excluding diaryl/α,β-unsaturated/α-hetero) is 1. The van der Waals surface area contributed by atoms with Crippen molar-refractivity contribution in [1.29, 1.82) is 15.8 Å². The smallest absolute Gasteiger partial charge is 0.154 e. The lowest BCUT2D eigenvalue weighted by atomic mass is 9.69. The molecule has 0 aromatic carbocycles. The van der Waals surface area contributed by atoms with Gasteiger partial charge in [0.25, 0.3) is 0 Å². The van der Waals surface area contributed by atoms with Gasteiger partial charge >= 0.3 is 0 Å². The van der Waals surface area contributed by atoms with Gasteiger partial charge in [0.2, 0.25) is 0 Å². The Kier molecular flexibility index (Phi) is 3.11. The highest BCUT2D eigenvalue weighted by Crippen LogP contribution is 2.40. The van der Waals surface area contributed by atoms with Gasteiger partial charge in [-0.05, 0) is 17.4 Å². The van der Waals surface area contributed by atoms with Crippen molar-refractivity contribution in [3.8, 4) is 18.2 Å². The molecule has 0 aliphatic heterocycles. The fourth-order valence-corrected chi connectivity index (χ4v) is 2.00. The summed E-state index contributed by atoms with van der Waals surface area (Å²) in [7, 11) is 0. The second kappa shape index (κ2) is 4.17. The third-order valence-electron chi connectivity index (χ3n) is 2.67. The number of hydrogen-bond donors (Lipinski definition) is 0. The van der Waals surface area contributed by atoms with Crippen LogP contribution in [-0.2, 0) is 4.79 Å². The van der Waals surface area contributed by atoms with E-state index in [1.165, 1.54) is 0 Å². The number of carbonyl (C=O) groups excluding carboxylic acids is 1. The van der Waals surface area contributed by atoms with Crippen molar-refractivity contribution in [3.63, 3.8) is 0 Å². The van der Waals surface area contributed by atoms with Crippen molar-refractivity contribution in [2.45, 2.75) is 26.7 Å². The van der Waals surface area contributed by atoms with Crippen LogP contribution in [0.1, 0.15) is 26.7 Å². The number of carbonyl (C=O) groups is 1. The molecule has 1 atom stereocenters. The molecule has 80 valence electrons. The molecule has 1 saturated carbocycles. The predicted molar refractivity (Wildman–Crippen MR) is 55.4 cm³/mol. The summed E-state index contributed by atoms with van der Waals surface area (Å²) in [4.78, 5) is 11.7. The number of nitriles is 3. The Labute approximate surface area is 94.4 Å². The number of allylic oxidation sites excluding steroid dienone is 2. The van der Waals surface area contributed by atoms with Crippen molar-refractivity contribution in [2.75, 3.05) is 0 Å². The van der Waals surface area contributed by atoms with E-state index in [1.807, 2.05) is 19.9 Å². The van der Waals surface area contributed by atoms with E-state index in [4.69, 9.17) is 15.8 Å². The van der Waals surface area contributed by atoms with Crippen LogP contribution in [0.15, 0.2) is 11.1 Å². The van der Waals surface area contributed by atoms with Gasteiger partial charge in [-0.3, -0.25) is 4.79 Å². The van der Waals surface area contributed by atoms with E-state index >= 15 is 0 Å². The van der Waals surface area contributed by atoms with Gasteiger partial charge in [0, 0.05) is 6.42 Å². The molecule has 0 amide bonds. The summed E-state index contributed by atoms with van der Waals surface area (Å²) in [6.45, 7) is 3.79. The van der Waals surface area contributed by atoms with Crippen LogP contribution in [0.3, 0.4) is 0 Å². The first-order valence-electron chi connectivity index (χ1n) is 4.91. The lowest BCUT2D eigenvalue weighted by Gasteiger charge is -2.32. The van der Waals surface area contributed by atoms with Crippen molar-refractivity contribution in [3.05, 3.63) is 11.1 Å². The molecule has 1 unspecified atom stereocenters. The normalized spacial score (nSPS) is 22.8. The zero-order valence-electron chi connectivity index (χ0n) is 9.24. The predicted octanol–water partition coefficient (Wildman–Crippen LogP) is 1.86. The average molecular weight is 213 g/mol. The Morgan fingerprint density at radius 2 is 1.81 bits per heavy atom. The standard InChI is InChI=1S/C12H11N3O/c1-12(2)3-9(8(5-13)6-14)10(7-15)11(16)4-12/h10H,3-4H2,1-2H3. The summed E-state index contributed by atoms with van der Waals surface area (Å²) in [5, 5.41) is 26.5. The topological polar surface area (TPSA) is 88.4 Å². The van der Waals surface area contributed by atoms with Crippen molar-refractivity contribution < 1.29 is 4.79 Å². The van der Waals surface area contributed by atoms with Crippen molar-refractivity contribution >= 4 is 5.78 Å². The highest BCUT2D eigenvalue weighted by Gasteiger charge is 2.38. The van der Waals surface area contributed by atoms with Crippen LogP contribution >= 0.6 is 0 Å². The van der Waals surface area contributed by atoms with Gasteiger partial charge in [-0.1, -0.05) is 13.8 Å². The van der Waals surface area contributed by atoms with Gasteiger partial charge in [0.05, 0.1) is 6.07 Å². The zero-order valence-corrected chi connectivity index (χ0v) is 9.24. The maximum Gasteiger partial charge on any atom is 0.154 e. The van der Waals surface area contributed by atoms with Crippen LogP contribution in [0.25, 0.3) is 0 Å². The summed E-state index contributed by atoms with van der Waals surface area (Å²) in [5.41, 5.74) is 0.0139. The van der Waals surface area contributed by atoms with Crippen molar-refractivity contribution in [1.82, 2.24) is 0 Å². The number of hydrogen-bond acceptors (Lipinski definition) is 4. The monoisotopic (exact) mass is 213 g/mol. The minimum absolute atomic E-state index is 0.0901. The second-order valence-electron chi connectivity index (χ2n) is 4.67. The van der Waals surface area contributed by atoms with Crippen molar-refractivity contribution in [2.24, 2.45) is 11.3 Å². The summed E-state index contributed by atoms with van der Waals surface area (Å²) >= 11 is 0. The van der Waals surface area contributed by atoms with E-state index in [-0.39, 0.29) is 16.8 Å². The van der Waals surface area contributed by atoms with Gasteiger partial charge in [-0.2, -0.15) is 15.8 Å². The molecule has 0 spiro atoms. The molecule has 1 aliphatic rings. The highest BCUT2D eigenvalue weighted by molar-refractivity contribution is 5.88. The SMILES string of the molecule is CC1(C)CC(=O)C(C#N)C(=C(C#N)C#N)C1. The van der Waals surface area contributed by atoms with E-state index < -0.39 is 5.92 Å². The van der Waals surface area contributed by atoms with Gasteiger partial charge in [-0.15, -0.1) is 0 Å². The molecule has 0 saturated heterocycles. The molecule has 0 heterocycles. The fraction of sp³-hybridized carbons (Fsp3) is 0.500. The van der Waals surface area contributed by atoms with Gasteiger partial charge in [-0.25, -0.2) is 0 Å². The van der Waals surface area contributed by atoms with E-state index in [9.17, 15) is 4.79 Å². The first-order chi connectivity index (χ1) is 7.45. The van der Waals surface area contributed by atoms with Gasteiger partial charge < -0.3 is 0 Å². The Hall–Kier alpha value is -2.12. The third-order valence-corrected chi connectivity index (χ3v) is 2.67. The summed E-state index contributed by atoms with van der Waals surface area (Å²) < 4.78 is 0. The molecule has 16 heavy (non-hydrogen) atoms. The average Bonchev–Trinajstić information content (AvgIpc) is 2.17. The van der Waals surface area contributed by atoms with Crippen LogP contribution in [0, 0.1) is 45.3 Å². The summed E-state index contributed by atoms with van der Waals surface area (Å²) in [6.07, 6.45) is 0.770. The first-order valence-corrected chi connectivity index (χ1v) is 4.91. The Bertz CT molecular complexity index is 464. The molecule has 0 aromatic heterocycles. The number of rotatable bonds is 0. The van der Waals surface area contributed by atoms with Crippen LogP contribution < -0.4 is 0 Å². The van der Waals surface area contributed by atoms with Gasteiger partial charge in [0.1, 0.15) is 23.6 Å². The quantitative estimate of drug-likeness (QED) is 0.574. The minimum Gasteiger partial charge on any atom is -0.298 e. The van der Waals surface area contributed by atoms with E-state index in [0.29, 0.717) is 18.4 Å². The highest BCUT2D eigenvalue weighted by atomic mass is 16.1.